The molecule has 1 N–H and O–H groups in total. The molecule has 2 heterocycles. The summed E-state index contributed by atoms with van der Waals surface area (Å²) in [5.41, 5.74) is 2.12. The van der Waals surface area contributed by atoms with Crippen molar-refractivity contribution in [1.29, 1.82) is 0 Å². The van der Waals surface area contributed by atoms with Crippen LogP contribution in [0.5, 0.6) is 0 Å². The first-order valence-electron chi connectivity index (χ1n) is 10.7. The van der Waals surface area contributed by atoms with E-state index in [1.165, 1.54) is 15.6 Å². The number of esters is 1. The molecule has 4 rings (SSSR count). The predicted molar refractivity (Wildman–Crippen MR) is 127 cm³/mol. The normalized spacial score (nSPS) is 15.5. The van der Waals surface area contributed by atoms with Crippen molar-refractivity contribution in [2.45, 2.75) is 31.6 Å². The van der Waals surface area contributed by atoms with Crippen molar-refractivity contribution < 1.29 is 22.7 Å². The Balaban J connectivity index is 1.38. The zero-order valence-corrected chi connectivity index (χ0v) is 20.0. The Morgan fingerprint density at radius 1 is 1.15 bits per heavy atom. The van der Waals surface area contributed by atoms with Crippen LogP contribution in [0.15, 0.2) is 47.4 Å². The van der Waals surface area contributed by atoms with Crippen molar-refractivity contribution in [2.24, 2.45) is 5.92 Å². The first kappa shape index (κ1) is 23.3. The van der Waals surface area contributed by atoms with Gasteiger partial charge in [-0.15, -0.1) is 0 Å². The average Bonchev–Trinajstić information content (AvgIpc) is 3.21. The summed E-state index contributed by atoms with van der Waals surface area (Å²) in [6.45, 7) is 4.53. The van der Waals surface area contributed by atoms with E-state index >= 15 is 0 Å². The number of anilines is 1. The molecule has 10 heteroatoms. The minimum atomic E-state index is -3.57. The molecule has 1 aromatic heterocycles. The summed E-state index contributed by atoms with van der Waals surface area (Å²) >= 11 is 1.29. The summed E-state index contributed by atoms with van der Waals surface area (Å²) < 4.78 is 33.0. The summed E-state index contributed by atoms with van der Waals surface area (Å²) in [4.78, 5) is 29.4. The smallest absolute Gasteiger partial charge is 0.338 e. The third-order valence-corrected chi connectivity index (χ3v) is 8.46. The minimum absolute atomic E-state index is 0.174. The zero-order valence-electron chi connectivity index (χ0n) is 18.4. The van der Waals surface area contributed by atoms with Crippen LogP contribution in [-0.2, 0) is 19.6 Å². The fourth-order valence-electron chi connectivity index (χ4n) is 3.74. The van der Waals surface area contributed by atoms with Gasteiger partial charge in [-0.25, -0.2) is 18.2 Å². The number of hydrogen-bond donors (Lipinski definition) is 1. The maximum atomic E-state index is 12.9. The van der Waals surface area contributed by atoms with E-state index in [1.807, 2.05) is 6.92 Å². The third kappa shape index (κ3) is 5.07. The van der Waals surface area contributed by atoms with Crippen LogP contribution in [0.2, 0.25) is 0 Å². The van der Waals surface area contributed by atoms with E-state index in [0.717, 1.165) is 10.3 Å². The molecule has 2 aromatic carbocycles. The van der Waals surface area contributed by atoms with Crippen LogP contribution in [-0.4, -0.2) is 49.3 Å². The Morgan fingerprint density at radius 2 is 1.85 bits per heavy atom. The highest BCUT2D eigenvalue weighted by atomic mass is 32.2. The van der Waals surface area contributed by atoms with Gasteiger partial charge in [0, 0.05) is 19.0 Å². The number of carbonyl (C=O) groups excluding carboxylic acids is 2. The largest absolute Gasteiger partial charge is 0.462 e. The summed E-state index contributed by atoms with van der Waals surface area (Å²) in [7, 11) is -3.57. The number of aromatic nitrogens is 1. The molecule has 0 bridgehead atoms. The molecule has 0 radical (unpaired) electrons. The van der Waals surface area contributed by atoms with Crippen LogP contribution in [0, 0.1) is 12.8 Å². The van der Waals surface area contributed by atoms with Gasteiger partial charge in [-0.05, 0) is 57.0 Å². The van der Waals surface area contributed by atoms with E-state index in [2.05, 4.69) is 10.3 Å². The molecule has 0 aliphatic carbocycles. The van der Waals surface area contributed by atoms with Gasteiger partial charge in [-0.2, -0.15) is 4.31 Å². The average molecular weight is 488 g/mol. The van der Waals surface area contributed by atoms with E-state index in [1.54, 1.807) is 49.4 Å². The lowest BCUT2D eigenvalue weighted by Crippen LogP contribution is -2.41. The quantitative estimate of drug-likeness (QED) is 0.530. The fourth-order valence-corrected chi connectivity index (χ4v) is 6.12. The van der Waals surface area contributed by atoms with Crippen LogP contribution in [0.3, 0.4) is 0 Å². The van der Waals surface area contributed by atoms with Crippen molar-refractivity contribution in [2.75, 3.05) is 25.0 Å². The number of hydrogen-bond acceptors (Lipinski definition) is 7. The molecule has 0 atom stereocenters. The number of thiazole rings is 1. The van der Waals surface area contributed by atoms with Crippen molar-refractivity contribution in [3.63, 3.8) is 0 Å². The monoisotopic (exact) mass is 487 g/mol. The number of nitrogens with zero attached hydrogens (tertiary/aromatic N) is 2. The van der Waals surface area contributed by atoms with E-state index in [0.29, 0.717) is 35.7 Å². The Hall–Kier alpha value is -2.82. The molecule has 3 aromatic rings. The SMILES string of the molecule is CCOC(=O)c1ccc2nc(NC(=O)C3CCN(S(=O)(=O)c4ccc(C)cc4)CC3)sc2c1. The Labute approximate surface area is 196 Å². The molecule has 1 saturated heterocycles. The highest BCUT2D eigenvalue weighted by molar-refractivity contribution is 7.89. The van der Waals surface area contributed by atoms with Crippen LogP contribution in [0.4, 0.5) is 5.13 Å². The lowest BCUT2D eigenvalue weighted by Gasteiger charge is -2.30. The van der Waals surface area contributed by atoms with Gasteiger partial charge in [0.2, 0.25) is 15.9 Å². The van der Waals surface area contributed by atoms with Crippen molar-refractivity contribution in [3.8, 4) is 0 Å². The lowest BCUT2D eigenvalue weighted by atomic mass is 9.97. The van der Waals surface area contributed by atoms with Crippen LogP contribution in [0.25, 0.3) is 10.2 Å². The summed E-state index contributed by atoms with van der Waals surface area (Å²) in [5, 5.41) is 3.30. The Kier molecular flexibility index (Phi) is 6.78. The molecule has 1 aliphatic rings. The van der Waals surface area contributed by atoms with Crippen molar-refractivity contribution in [3.05, 3.63) is 53.6 Å². The maximum absolute atomic E-state index is 12.9. The van der Waals surface area contributed by atoms with Crippen molar-refractivity contribution >= 4 is 48.6 Å². The number of fused-ring (bicyclic) bond motifs is 1. The van der Waals surface area contributed by atoms with Gasteiger partial charge in [0.15, 0.2) is 5.13 Å². The topological polar surface area (TPSA) is 106 Å². The van der Waals surface area contributed by atoms with Crippen LogP contribution < -0.4 is 5.32 Å². The van der Waals surface area contributed by atoms with Gasteiger partial charge in [0.25, 0.3) is 0 Å². The van der Waals surface area contributed by atoms with Gasteiger partial charge < -0.3 is 10.1 Å². The minimum Gasteiger partial charge on any atom is -0.462 e. The summed E-state index contributed by atoms with van der Waals surface area (Å²) in [5.74, 6) is -0.866. The molecular weight excluding hydrogens is 462 g/mol. The van der Waals surface area contributed by atoms with E-state index in [-0.39, 0.29) is 29.8 Å². The second-order valence-electron chi connectivity index (χ2n) is 7.90. The summed E-state index contributed by atoms with van der Waals surface area (Å²) in [6, 6.07) is 11.9. The first-order valence-corrected chi connectivity index (χ1v) is 13.0. The van der Waals surface area contributed by atoms with Gasteiger partial charge in [0.05, 0.1) is 27.3 Å². The van der Waals surface area contributed by atoms with Crippen LogP contribution in [0.1, 0.15) is 35.7 Å². The molecule has 0 spiro atoms. The number of nitrogens with one attached hydrogen (secondary N) is 1. The van der Waals surface area contributed by atoms with Crippen LogP contribution >= 0.6 is 11.3 Å². The number of sulfonamides is 1. The number of amides is 1. The van der Waals surface area contributed by atoms with E-state index in [4.69, 9.17) is 4.74 Å². The van der Waals surface area contributed by atoms with Gasteiger partial charge in [-0.1, -0.05) is 29.0 Å². The van der Waals surface area contributed by atoms with E-state index in [9.17, 15) is 18.0 Å². The number of aryl methyl sites for hydroxylation is 1. The molecule has 33 heavy (non-hydrogen) atoms. The van der Waals surface area contributed by atoms with E-state index < -0.39 is 16.0 Å². The highest BCUT2D eigenvalue weighted by Gasteiger charge is 2.32. The number of rotatable bonds is 6. The highest BCUT2D eigenvalue weighted by Crippen LogP contribution is 2.29. The molecule has 1 fully saturated rings. The number of benzene rings is 2. The molecule has 1 amide bonds. The number of piperidine rings is 1. The lowest BCUT2D eigenvalue weighted by molar-refractivity contribution is -0.120. The number of carbonyl (C=O) groups is 2. The third-order valence-electron chi connectivity index (χ3n) is 5.61. The summed E-state index contributed by atoms with van der Waals surface area (Å²) in [6.07, 6.45) is 0.879. The fraction of sp³-hybridized carbons (Fsp3) is 0.348. The molecule has 1 aliphatic heterocycles. The van der Waals surface area contributed by atoms with Gasteiger partial charge in [-0.3, -0.25) is 4.79 Å². The Bertz CT molecular complexity index is 1280. The molecule has 8 nitrogen and oxygen atoms in total. The Morgan fingerprint density at radius 3 is 2.52 bits per heavy atom. The van der Waals surface area contributed by atoms with Gasteiger partial charge >= 0.3 is 5.97 Å². The molecule has 174 valence electrons. The molecule has 0 unspecified atom stereocenters. The second-order valence-corrected chi connectivity index (χ2v) is 10.9. The first-order chi connectivity index (χ1) is 15.8. The molecule has 0 saturated carbocycles. The van der Waals surface area contributed by atoms with Crippen molar-refractivity contribution in [1.82, 2.24) is 9.29 Å². The standard InChI is InChI=1S/C23H25N3O5S2/c1-3-31-22(28)17-6-9-19-20(14-17)32-23(24-19)25-21(27)16-10-12-26(13-11-16)33(29,30)18-7-4-15(2)5-8-18/h4-9,14,16H,3,10-13H2,1-2H3,(H,24,25,27). The number of ether oxygens (including phenoxy) is 1. The maximum Gasteiger partial charge on any atom is 0.338 e. The second kappa shape index (κ2) is 9.58. The zero-order chi connectivity index (χ0) is 23.6. The predicted octanol–water partition coefficient (Wildman–Crippen LogP) is 3.82. The molecular formula is C23H25N3O5S2. The van der Waals surface area contributed by atoms with Gasteiger partial charge in [0.1, 0.15) is 0 Å².